The molecule has 2 N–H and O–H groups in total. The van der Waals surface area contributed by atoms with Crippen LogP contribution in [0.25, 0.3) is 10.8 Å². The van der Waals surface area contributed by atoms with Gasteiger partial charge < -0.3 is 10.4 Å². The smallest absolute Gasteiger partial charge is 0.309 e. The Bertz CT molecular complexity index is 725. The predicted molar refractivity (Wildman–Crippen MR) is 90.0 cm³/mol. The van der Waals surface area contributed by atoms with E-state index in [0.717, 1.165) is 15.2 Å². The number of carbonyl (C=O) groups is 2. The molecule has 0 saturated heterocycles. The summed E-state index contributed by atoms with van der Waals surface area (Å²) in [6, 6.07) is 11.4. The molecule has 0 aliphatic carbocycles. The highest BCUT2D eigenvalue weighted by Crippen LogP contribution is 2.21. The van der Waals surface area contributed by atoms with Gasteiger partial charge in [0.05, 0.1) is 5.41 Å². The van der Waals surface area contributed by atoms with Crippen molar-refractivity contribution in [1.29, 1.82) is 0 Å². The van der Waals surface area contributed by atoms with E-state index in [2.05, 4.69) is 21.2 Å². The third-order valence-corrected chi connectivity index (χ3v) is 4.17. The molecule has 4 nitrogen and oxygen atoms in total. The zero-order valence-corrected chi connectivity index (χ0v) is 14.1. The standard InChI is InChI=1S/C17H18BrNO3/c1-17(2,16(21)22)7-8-19-15(20)13-4-3-12-10-14(18)6-5-11(12)9-13/h3-6,9-10H,7-8H2,1-2H3,(H,19,20)(H,21,22). The minimum absolute atomic E-state index is 0.189. The van der Waals surface area contributed by atoms with Crippen molar-refractivity contribution in [1.82, 2.24) is 5.32 Å². The first-order valence-electron chi connectivity index (χ1n) is 7.00. The van der Waals surface area contributed by atoms with Crippen LogP contribution < -0.4 is 5.32 Å². The number of halogens is 1. The van der Waals surface area contributed by atoms with Crippen LogP contribution in [-0.2, 0) is 4.79 Å². The van der Waals surface area contributed by atoms with Crippen molar-refractivity contribution in [2.45, 2.75) is 20.3 Å². The first kappa shape index (κ1) is 16.5. The lowest BCUT2D eigenvalue weighted by molar-refractivity contribution is -0.147. The van der Waals surface area contributed by atoms with Gasteiger partial charge in [0.2, 0.25) is 0 Å². The van der Waals surface area contributed by atoms with Crippen LogP contribution in [0.5, 0.6) is 0 Å². The van der Waals surface area contributed by atoms with E-state index in [4.69, 9.17) is 5.11 Å². The summed E-state index contributed by atoms with van der Waals surface area (Å²) in [6.45, 7) is 3.63. The van der Waals surface area contributed by atoms with Gasteiger partial charge in [-0.25, -0.2) is 0 Å². The Morgan fingerprint density at radius 1 is 1.14 bits per heavy atom. The fourth-order valence-electron chi connectivity index (χ4n) is 2.06. The molecule has 0 aromatic heterocycles. The number of aliphatic carboxylic acids is 1. The molecule has 0 fully saturated rings. The van der Waals surface area contributed by atoms with E-state index in [9.17, 15) is 9.59 Å². The molecule has 22 heavy (non-hydrogen) atoms. The Balaban J connectivity index is 2.04. The zero-order chi connectivity index (χ0) is 16.3. The summed E-state index contributed by atoms with van der Waals surface area (Å²) in [6.07, 6.45) is 0.384. The van der Waals surface area contributed by atoms with E-state index in [-0.39, 0.29) is 5.91 Å². The summed E-state index contributed by atoms with van der Waals surface area (Å²) >= 11 is 3.42. The highest BCUT2D eigenvalue weighted by Gasteiger charge is 2.26. The van der Waals surface area contributed by atoms with Crippen LogP contribution in [0.15, 0.2) is 40.9 Å². The maximum atomic E-state index is 12.1. The average molecular weight is 364 g/mol. The molecule has 2 aromatic rings. The molecule has 0 bridgehead atoms. The Labute approximate surface area is 137 Å². The van der Waals surface area contributed by atoms with Crippen LogP contribution in [0.3, 0.4) is 0 Å². The van der Waals surface area contributed by atoms with Gasteiger partial charge in [0.15, 0.2) is 0 Å². The number of hydrogen-bond donors (Lipinski definition) is 2. The molecular weight excluding hydrogens is 346 g/mol. The molecule has 2 aromatic carbocycles. The molecule has 2 rings (SSSR count). The number of nitrogens with one attached hydrogen (secondary N) is 1. The second kappa shape index (κ2) is 6.48. The van der Waals surface area contributed by atoms with E-state index >= 15 is 0 Å². The average Bonchev–Trinajstić information content (AvgIpc) is 2.46. The number of carboxylic acid groups (broad SMARTS) is 1. The fraction of sp³-hybridized carbons (Fsp3) is 0.294. The lowest BCUT2D eigenvalue weighted by Crippen LogP contribution is -2.31. The number of carboxylic acids is 1. The predicted octanol–water partition coefficient (Wildman–Crippen LogP) is 3.83. The number of rotatable bonds is 5. The summed E-state index contributed by atoms with van der Waals surface area (Å²) in [4.78, 5) is 23.2. The van der Waals surface area contributed by atoms with Crippen molar-refractivity contribution in [3.8, 4) is 0 Å². The van der Waals surface area contributed by atoms with Gasteiger partial charge in [-0.2, -0.15) is 0 Å². The van der Waals surface area contributed by atoms with Crippen molar-refractivity contribution in [3.63, 3.8) is 0 Å². The van der Waals surface area contributed by atoms with Gasteiger partial charge in [-0.3, -0.25) is 9.59 Å². The van der Waals surface area contributed by atoms with Crippen LogP contribution in [0.1, 0.15) is 30.6 Å². The SMILES string of the molecule is CC(C)(CCNC(=O)c1ccc2cc(Br)ccc2c1)C(=O)O. The van der Waals surface area contributed by atoms with Gasteiger partial charge in [-0.1, -0.05) is 28.1 Å². The minimum Gasteiger partial charge on any atom is -0.481 e. The Hall–Kier alpha value is -1.88. The van der Waals surface area contributed by atoms with Gasteiger partial charge in [-0.05, 0) is 55.3 Å². The van der Waals surface area contributed by atoms with Crippen LogP contribution in [0.4, 0.5) is 0 Å². The van der Waals surface area contributed by atoms with Crippen molar-refractivity contribution >= 4 is 38.6 Å². The van der Waals surface area contributed by atoms with Crippen molar-refractivity contribution in [2.24, 2.45) is 5.41 Å². The first-order chi connectivity index (χ1) is 10.3. The second-order valence-corrected chi connectivity index (χ2v) is 6.82. The molecule has 1 amide bonds. The second-order valence-electron chi connectivity index (χ2n) is 5.90. The Morgan fingerprint density at radius 2 is 1.77 bits per heavy atom. The van der Waals surface area contributed by atoms with Crippen molar-refractivity contribution in [3.05, 3.63) is 46.4 Å². The van der Waals surface area contributed by atoms with Crippen LogP contribution >= 0.6 is 15.9 Å². The summed E-state index contributed by atoms with van der Waals surface area (Å²) in [5.41, 5.74) is -0.272. The van der Waals surface area contributed by atoms with Gasteiger partial charge in [-0.15, -0.1) is 0 Å². The molecule has 116 valence electrons. The molecule has 0 unspecified atom stereocenters. The highest BCUT2D eigenvalue weighted by atomic mass is 79.9. The third kappa shape index (κ3) is 3.85. The number of hydrogen-bond acceptors (Lipinski definition) is 2. The van der Waals surface area contributed by atoms with Crippen LogP contribution in [0.2, 0.25) is 0 Å². The first-order valence-corrected chi connectivity index (χ1v) is 7.80. The van der Waals surface area contributed by atoms with Gasteiger partial charge >= 0.3 is 5.97 Å². The molecule has 0 radical (unpaired) electrons. The van der Waals surface area contributed by atoms with Gasteiger partial charge in [0.1, 0.15) is 0 Å². The molecule has 0 heterocycles. The topological polar surface area (TPSA) is 66.4 Å². The number of fused-ring (bicyclic) bond motifs is 1. The molecule has 0 aliphatic rings. The highest BCUT2D eigenvalue weighted by molar-refractivity contribution is 9.10. The molecule has 5 heteroatoms. The zero-order valence-electron chi connectivity index (χ0n) is 12.5. The van der Waals surface area contributed by atoms with E-state index in [1.165, 1.54) is 0 Å². The van der Waals surface area contributed by atoms with Gasteiger partial charge in [0.25, 0.3) is 5.91 Å². The lowest BCUT2D eigenvalue weighted by Gasteiger charge is -2.18. The molecule has 0 aliphatic heterocycles. The van der Waals surface area contributed by atoms with Crippen LogP contribution in [-0.4, -0.2) is 23.5 Å². The largest absolute Gasteiger partial charge is 0.481 e. The number of benzene rings is 2. The van der Waals surface area contributed by atoms with E-state index in [0.29, 0.717) is 18.5 Å². The molecule has 0 saturated carbocycles. The quantitative estimate of drug-likeness (QED) is 0.847. The summed E-state index contributed by atoms with van der Waals surface area (Å²) in [7, 11) is 0. The fourth-order valence-corrected chi connectivity index (χ4v) is 2.43. The van der Waals surface area contributed by atoms with Crippen molar-refractivity contribution < 1.29 is 14.7 Å². The number of carbonyl (C=O) groups excluding carboxylic acids is 1. The maximum Gasteiger partial charge on any atom is 0.309 e. The summed E-state index contributed by atoms with van der Waals surface area (Å²) in [5, 5.41) is 13.9. The van der Waals surface area contributed by atoms with Crippen molar-refractivity contribution in [2.75, 3.05) is 6.54 Å². The normalized spacial score (nSPS) is 11.4. The van der Waals surface area contributed by atoms with E-state index < -0.39 is 11.4 Å². The Kier molecular flexibility index (Phi) is 4.86. The molecule has 0 atom stereocenters. The maximum absolute atomic E-state index is 12.1. The summed E-state index contributed by atoms with van der Waals surface area (Å²) < 4.78 is 0.994. The van der Waals surface area contributed by atoms with Crippen LogP contribution in [0, 0.1) is 5.41 Å². The van der Waals surface area contributed by atoms with E-state index in [1.807, 2.05) is 30.3 Å². The Morgan fingerprint density at radius 3 is 2.45 bits per heavy atom. The third-order valence-electron chi connectivity index (χ3n) is 3.68. The molecular formula is C17H18BrNO3. The van der Waals surface area contributed by atoms with E-state index in [1.54, 1.807) is 19.9 Å². The number of amides is 1. The summed E-state index contributed by atoms with van der Waals surface area (Å²) in [5.74, 6) is -1.05. The molecule has 0 spiro atoms. The lowest BCUT2D eigenvalue weighted by atomic mass is 9.89. The minimum atomic E-state index is -0.863. The monoisotopic (exact) mass is 363 g/mol. The van der Waals surface area contributed by atoms with Gasteiger partial charge in [0, 0.05) is 16.6 Å².